The van der Waals surface area contributed by atoms with Crippen LogP contribution >= 0.6 is 11.3 Å². The van der Waals surface area contributed by atoms with E-state index in [2.05, 4.69) is 35.3 Å². The summed E-state index contributed by atoms with van der Waals surface area (Å²) in [5, 5.41) is 8.31. The summed E-state index contributed by atoms with van der Waals surface area (Å²) in [6.07, 6.45) is 6.94. The molecule has 0 spiro atoms. The van der Waals surface area contributed by atoms with Crippen molar-refractivity contribution in [3.05, 3.63) is 47.1 Å². The summed E-state index contributed by atoms with van der Waals surface area (Å²) in [5.74, 6) is 2.51. The summed E-state index contributed by atoms with van der Waals surface area (Å²) in [6.45, 7) is 4.81. The van der Waals surface area contributed by atoms with E-state index in [-0.39, 0.29) is 6.04 Å². The molecule has 32 heavy (non-hydrogen) atoms. The second kappa shape index (κ2) is 8.50. The monoisotopic (exact) mass is 450 g/mol. The van der Waals surface area contributed by atoms with E-state index in [0.29, 0.717) is 23.2 Å². The fourth-order valence-electron chi connectivity index (χ4n) is 3.78. The van der Waals surface area contributed by atoms with Crippen LogP contribution in [0.1, 0.15) is 35.2 Å². The van der Waals surface area contributed by atoms with Crippen LogP contribution in [0.4, 0.5) is 16.9 Å². The molecule has 4 aromatic rings. The molecule has 11 heteroatoms. The molecule has 1 N–H and O–H groups in total. The van der Waals surface area contributed by atoms with Crippen molar-refractivity contribution < 1.29 is 9.26 Å². The molecule has 0 amide bonds. The van der Waals surface area contributed by atoms with Crippen molar-refractivity contribution in [2.45, 2.75) is 32.7 Å². The van der Waals surface area contributed by atoms with E-state index in [1.54, 1.807) is 30.8 Å². The van der Waals surface area contributed by atoms with Gasteiger partial charge in [-0.1, -0.05) is 5.16 Å². The van der Waals surface area contributed by atoms with Crippen LogP contribution in [0.5, 0.6) is 5.88 Å². The highest BCUT2D eigenvalue weighted by Crippen LogP contribution is 2.37. The zero-order valence-electron chi connectivity index (χ0n) is 17.9. The summed E-state index contributed by atoms with van der Waals surface area (Å²) in [5.41, 5.74) is 2.01. The minimum Gasteiger partial charge on any atom is -0.479 e. The number of nitrogens with zero attached hydrogens (tertiary/aromatic N) is 7. The van der Waals surface area contributed by atoms with Crippen LogP contribution in [0.25, 0.3) is 11.4 Å². The second-order valence-corrected chi connectivity index (χ2v) is 8.71. The molecule has 1 aliphatic heterocycles. The van der Waals surface area contributed by atoms with Crippen molar-refractivity contribution in [3.8, 4) is 17.3 Å². The van der Waals surface area contributed by atoms with Crippen LogP contribution < -0.4 is 15.0 Å². The third-order valence-electron chi connectivity index (χ3n) is 5.17. The summed E-state index contributed by atoms with van der Waals surface area (Å²) in [6, 6.07) is 3.79. The fraction of sp³-hybridized carbons (Fsp3) is 0.333. The molecule has 4 aromatic heterocycles. The Kier molecular flexibility index (Phi) is 5.39. The van der Waals surface area contributed by atoms with Gasteiger partial charge in [0.15, 0.2) is 16.6 Å². The van der Waals surface area contributed by atoms with Gasteiger partial charge in [-0.05, 0) is 26.7 Å². The molecule has 0 bridgehead atoms. The standard InChI is InChI=1S/C21H22N8O2S/c1-12-9-17(27-21-24-11-13(2)32-21)26-20(25-12)29-8-4-5-15(29)16-10-14(28-31-16)18-19(30-3)23-7-6-22-18/h6-7,9-11,15H,4-5,8H2,1-3H3,(H,24,25,26,27). The molecule has 0 aliphatic carbocycles. The van der Waals surface area contributed by atoms with Crippen molar-refractivity contribution in [3.63, 3.8) is 0 Å². The molecular formula is C21H22N8O2S. The molecule has 5 heterocycles. The molecule has 0 radical (unpaired) electrons. The van der Waals surface area contributed by atoms with Crippen LogP contribution in [0.15, 0.2) is 35.2 Å². The Bertz CT molecular complexity index is 1240. The van der Waals surface area contributed by atoms with E-state index in [9.17, 15) is 0 Å². The first-order valence-electron chi connectivity index (χ1n) is 10.2. The number of hydrogen-bond acceptors (Lipinski definition) is 11. The Morgan fingerprint density at radius 2 is 2.03 bits per heavy atom. The number of rotatable bonds is 6. The Morgan fingerprint density at radius 3 is 2.84 bits per heavy atom. The topological polar surface area (TPSA) is 115 Å². The zero-order valence-corrected chi connectivity index (χ0v) is 18.8. The van der Waals surface area contributed by atoms with Gasteiger partial charge in [0.2, 0.25) is 11.8 Å². The number of nitrogens with one attached hydrogen (secondary N) is 1. The molecular weight excluding hydrogens is 428 g/mol. The van der Waals surface area contributed by atoms with E-state index in [1.807, 2.05) is 32.2 Å². The van der Waals surface area contributed by atoms with Crippen molar-refractivity contribution in [1.82, 2.24) is 30.1 Å². The number of methoxy groups -OCH3 is 1. The average molecular weight is 451 g/mol. The Balaban J connectivity index is 1.42. The number of hydrogen-bond donors (Lipinski definition) is 1. The number of anilines is 3. The molecule has 1 atom stereocenters. The molecule has 0 saturated carbocycles. The van der Waals surface area contributed by atoms with Gasteiger partial charge in [-0.2, -0.15) is 4.98 Å². The molecule has 1 saturated heterocycles. The summed E-state index contributed by atoms with van der Waals surface area (Å²) in [7, 11) is 1.56. The minimum absolute atomic E-state index is 0.0179. The highest BCUT2D eigenvalue weighted by molar-refractivity contribution is 7.15. The van der Waals surface area contributed by atoms with Gasteiger partial charge in [0.1, 0.15) is 11.5 Å². The van der Waals surface area contributed by atoms with Crippen LogP contribution in [0, 0.1) is 13.8 Å². The van der Waals surface area contributed by atoms with Crippen LogP contribution in [0.3, 0.4) is 0 Å². The smallest absolute Gasteiger partial charge is 0.242 e. The maximum Gasteiger partial charge on any atom is 0.242 e. The molecule has 5 rings (SSSR count). The maximum absolute atomic E-state index is 5.72. The predicted molar refractivity (Wildman–Crippen MR) is 120 cm³/mol. The third-order valence-corrected chi connectivity index (χ3v) is 5.99. The largest absolute Gasteiger partial charge is 0.479 e. The molecule has 1 fully saturated rings. The van der Waals surface area contributed by atoms with Gasteiger partial charge in [0.05, 0.1) is 13.2 Å². The van der Waals surface area contributed by atoms with Crippen molar-refractivity contribution >= 4 is 28.2 Å². The summed E-state index contributed by atoms with van der Waals surface area (Å²) in [4.78, 5) is 25.6. The fourth-order valence-corrected chi connectivity index (χ4v) is 4.45. The quantitative estimate of drug-likeness (QED) is 0.460. The van der Waals surface area contributed by atoms with Gasteiger partial charge in [-0.3, -0.25) is 0 Å². The molecule has 10 nitrogen and oxygen atoms in total. The summed E-state index contributed by atoms with van der Waals surface area (Å²) < 4.78 is 11.0. The van der Waals surface area contributed by atoms with Gasteiger partial charge in [0.25, 0.3) is 0 Å². The van der Waals surface area contributed by atoms with Gasteiger partial charge in [0, 0.05) is 47.8 Å². The first-order valence-corrected chi connectivity index (χ1v) is 11.1. The van der Waals surface area contributed by atoms with Gasteiger partial charge < -0.3 is 19.5 Å². The normalized spacial score (nSPS) is 15.8. The third kappa shape index (κ3) is 3.98. The lowest BCUT2D eigenvalue weighted by Crippen LogP contribution is -2.25. The van der Waals surface area contributed by atoms with Gasteiger partial charge >= 0.3 is 0 Å². The highest BCUT2D eigenvalue weighted by atomic mass is 32.1. The Labute approximate surface area is 188 Å². The Morgan fingerprint density at radius 1 is 1.16 bits per heavy atom. The molecule has 0 aromatic carbocycles. The molecule has 164 valence electrons. The zero-order chi connectivity index (χ0) is 22.1. The van der Waals surface area contributed by atoms with E-state index in [1.165, 1.54) is 0 Å². The lowest BCUT2D eigenvalue weighted by molar-refractivity contribution is 0.361. The lowest BCUT2D eigenvalue weighted by Gasteiger charge is -2.23. The highest BCUT2D eigenvalue weighted by Gasteiger charge is 2.32. The first-order chi connectivity index (χ1) is 15.6. The summed E-state index contributed by atoms with van der Waals surface area (Å²) >= 11 is 1.59. The van der Waals surface area contributed by atoms with E-state index < -0.39 is 0 Å². The second-order valence-electron chi connectivity index (χ2n) is 7.48. The maximum atomic E-state index is 5.72. The predicted octanol–water partition coefficient (Wildman–Crippen LogP) is 4.09. The van der Waals surface area contributed by atoms with E-state index >= 15 is 0 Å². The number of ether oxygens (including phenoxy) is 1. The SMILES string of the molecule is COc1nccnc1-c1cc(C2CCCN2c2nc(C)cc(Nc3ncc(C)s3)n2)on1. The van der Waals surface area contributed by atoms with Crippen LogP contribution in [0.2, 0.25) is 0 Å². The van der Waals surface area contributed by atoms with Crippen molar-refractivity contribution in [1.29, 1.82) is 0 Å². The van der Waals surface area contributed by atoms with Gasteiger partial charge in [-0.15, -0.1) is 11.3 Å². The van der Waals surface area contributed by atoms with Crippen molar-refractivity contribution in [2.75, 3.05) is 23.9 Å². The average Bonchev–Trinajstić information content (AvgIpc) is 3.54. The van der Waals surface area contributed by atoms with E-state index in [0.717, 1.165) is 46.7 Å². The number of thiazole rings is 1. The first kappa shape index (κ1) is 20.3. The minimum atomic E-state index is -0.0179. The van der Waals surface area contributed by atoms with Crippen molar-refractivity contribution in [2.24, 2.45) is 0 Å². The lowest BCUT2D eigenvalue weighted by atomic mass is 10.1. The van der Waals surface area contributed by atoms with Crippen LogP contribution in [-0.4, -0.2) is 43.7 Å². The molecule has 1 aliphatic rings. The number of aromatic nitrogens is 6. The molecule has 1 unspecified atom stereocenters. The van der Waals surface area contributed by atoms with Crippen LogP contribution in [-0.2, 0) is 0 Å². The Hall–Kier alpha value is -3.60. The van der Waals surface area contributed by atoms with Gasteiger partial charge in [-0.25, -0.2) is 19.9 Å². The number of aryl methyl sites for hydroxylation is 2. The van der Waals surface area contributed by atoms with E-state index in [4.69, 9.17) is 14.2 Å².